The molecule has 1 aliphatic rings. The molecule has 10 heteroatoms. The third-order valence-electron chi connectivity index (χ3n) is 7.05. The smallest absolute Gasteiger partial charge is 0.256 e. The number of aromatic nitrogens is 4. The molecule has 4 heterocycles. The third-order valence-corrected chi connectivity index (χ3v) is 8.22. The molecule has 1 aliphatic heterocycles. The lowest BCUT2D eigenvalue weighted by Crippen LogP contribution is -2.28. The first-order valence-corrected chi connectivity index (χ1v) is 14.8. The molecule has 2 aromatic carbocycles. The van der Waals surface area contributed by atoms with Crippen molar-refractivity contribution in [2.45, 2.75) is 52.0 Å². The maximum absolute atomic E-state index is 13.3. The normalized spacial score (nSPS) is 12.1. The van der Waals surface area contributed by atoms with Gasteiger partial charge in [0.05, 0.1) is 29.8 Å². The number of aromatic carboxylic acids is 1. The zero-order chi connectivity index (χ0) is 29.5. The van der Waals surface area contributed by atoms with Crippen LogP contribution in [0.4, 0.5) is 0 Å². The van der Waals surface area contributed by atoms with Crippen molar-refractivity contribution in [3.05, 3.63) is 94.2 Å². The summed E-state index contributed by atoms with van der Waals surface area (Å²) in [6.07, 6.45) is 13.2. The molecule has 0 spiro atoms. The highest BCUT2D eigenvalue weighted by atomic mass is 32.1. The van der Waals surface area contributed by atoms with Gasteiger partial charge in [0.25, 0.3) is 5.56 Å². The molecular weight excluding hydrogens is 550 g/mol. The number of methoxy groups -OCH3 is 1. The molecule has 5 aromatic rings. The summed E-state index contributed by atoms with van der Waals surface area (Å²) in [7, 11) is 1.52. The molecule has 0 amide bonds. The number of hydrogen-bond donors (Lipinski definition) is 0. The van der Waals surface area contributed by atoms with E-state index in [1.54, 1.807) is 17.1 Å². The van der Waals surface area contributed by atoms with Crippen molar-refractivity contribution in [2.75, 3.05) is 7.11 Å². The second-order valence-electron chi connectivity index (χ2n) is 9.94. The van der Waals surface area contributed by atoms with Crippen molar-refractivity contribution < 1.29 is 14.6 Å². The van der Waals surface area contributed by atoms with Gasteiger partial charge in [-0.15, -0.1) is 16.4 Å². The maximum atomic E-state index is 13.3. The van der Waals surface area contributed by atoms with E-state index in [0.717, 1.165) is 64.2 Å². The van der Waals surface area contributed by atoms with Crippen LogP contribution in [0.25, 0.3) is 26.2 Å². The Labute approximate surface area is 247 Å². The quantitative estimate of drug-likeness (QED) is 0.207. The minimum absolute atomic E-state index is 0.238. The molecule has 0 unspecified atom stereocenters. The van der Waals surface area contributed by atoms with Gasteiger partial charge in [0.2, 0.25) is 0 Å². The Balaban J connectivity index is 0.000000639. The number of benzene rings is 2. The second-order valence-corrected chi connectivity index (χ2v) is 10.9. The Bertz CT molecular complexity index is 1820. The summed E-state index contributed by atoms with van der Waals surface area (Å²) in [5.74, 6) is -0.997. The maximum Gasteiger partial charge on any atom is 0.256 e. The summed E-state index contributed by atoms with van der Waals surface area (Å²) in [5, 5.41) is 22.8. The van der Waals surface area contributed by atoms with Gasteiger partial charge in [0, 0.05) is 43.4 Å². The number of ether oxygens (including phenoxy) is 1. The molecule has 0 saturated heterocycles. The predicted molar refractivity (Wildman–Crippen MR) is 165 cm³/mol. The van der Waals surface area contributed by atoms with E-state index in [1.165, 1.54) is 13.2 Å². The van der Waals surface area contributed by atoms with Gasteiger partial charge in [-0.3, -0.25) is 18.9 Å². The Morgan fingerprint density at radius 2 is 1.93 bits per heavy atom. The molecule has 6 rings (SSSR count). The van der Waals surface area contributed by atoms with Crippen molar-refractivity contribution in [1.29, 1.82) is 0 Å². The molecule has 3 aromatic heterocycles. The number of hydrogen-bond acceptors (Lipinski definition) is 8. The predicted octanol–water partition coefficient (Wildman–Crippen LogP) is 5.29. The van der Waals surface area contributed by atoms with Crippen LogP contribution < -0.4 is 15.4 Å². The fraction of sp³-hybridized carbons (Fsp3) is 0.281. The molecule has 0 radical (unpaired) electrons. The van der Waals surface area contributed by atoms with E-state index >= 15 is 0 Å². The highest BCUT2D eigenvalue weighted by Crippen LogP contribution is 2.38. The van der Waals surface area contributed by atoms with Gasteiger partial charge in [0.1, 0.15) is 10.5 Å². The Kier molecular flexibility index (Phi) is 9.23. The van der Waals surface area contributed by atoms with Gasteiger partial charge in [-0.25, -0.2) is 0 Å². The largest absolute Gasteiger partial charge is 0.543 e. The molecule has 0 bridgehead atoms. The molecule has 0 fully saturated rings. The van der Waals surface area contributed by atoms with Crippen molar-refractivity contribution in [3.8, 4) is 16.3 Å². The Morgan fingerprint density at radius 3 is 2.64 bits per heavy atom. The van der Waals surface area contributed by atoms with Gasteiger partial charge < -0.3 is 14.6 Å². The highest BCUT2D eigenvalue weighted by Gasteiger charge is 2.23. The van der Waals surface area contributed by atoms with E-state index in [1.807, 2.05) is 54.8 Å². The number of thiazole rings is 1. The van der Waals surface area contributed by atoms with E-state index in [4.69, 9.17) is 4.74 Å². The molecule has 9 nitrogen and oxygen atoms in total. The molecule has 0 aliphatic carbocycles. The summed E-state index contributed by atoms with van der Waals surface area (Å²) >= 11 is 1.15. The van der Waals surface area contributed by atoms with E-state index in [2.05, 4.69) is 22.2 Å². The van der Waals surface area contributed by atoms with Crippen LogP contribution in [-0.4, -0.2) is 38.7 Å². The van der Waals surface area contributed by atoms with Gasteiger partial charge in [0.15, 0.2) is 5.75 Å². The molecule has 0 atom stereocenters. The number of nitrogens with zero attached hydrogens (tertiary/aromatic N) is 5. The van der Waals surface area contributed by atoms with Crippen LogP contribution in [-0.2, 0) is 13.0 Å². The van der Waals surface area contributed by atoms with E-state index in [9.17, 15) is 14.7 Å². The molecule has 0 saturated carbocycles. The third kappa shape index (κ3) is 6.18. The number of allylic oxidation sites excluding steroid dienone is 1. The van der Waals surface area contributed by atoms with Crippen LogP contribution >= 0.6 is 11.3 Å². The minimum Gasteiger partial charge on any atom is -0.543 e. The first-order chi connectivity index (χ1) is 20.5. The molecule has 216 valence electrons. The second kappa shape index (κ2) is 13.4. The van der Waals surface area contributed by atoms with Gasteiger partial charge in [-0.2, -0.15) is 0 Å². The van der Waals surface area contributed by atoms with Crippen LogP contribution in [0, 0.1) is 0 Å². The first-order valence-electron chi connectivity index (χ1n) is 14.0. The number of pyridine rings is 1. The molecule has 0 N–H and O–H groups in total. The zero-order valence-corrected chi connectivity index (χ0v) is 24.5. The van der Waals surface area contributed by atoms with Crippen LogP contribution in [0.2, 0.25) is 0 Å². The van der Waals surface area contributed by atoms with Crippen LogP contribution in [0.1, 0.15) is 60.6 Å². The first kappa shape index (κ1) is 28.9. The highest BCUT2D eigenvalue weighted by molar-refractivity contribution is 7.21. The van der Waals surface area contributed by atoms with Crippen LogP contribution in [0.15, 0.2) is 76.8 Å². The summed E-state index contributed by atoms with van der Waals surface area (Å²) in [4.78, 5) is 30.0. The summed E-state index contributed by atoms with van der Waals surface area (Å²) in [5.41, 5.74) is 1.42. The number of carbonyl (C=O) groups excluding carboxylic acids is 1. The lowest BCUT2D eigenvalue weighted by atomic mass is 9.98. The SMILES string of the molecule is C1=CN=CC1.CCCCCCn1cc(-c2sc3c(OC)c(Cc4cccc5ccccc45)cc(=O)n3c2C(=O)[O-])nn1. The topological polar surface area (TPSA) is 114 Å². The fourth-order valence-corrected chi connectivity index (χ4v) is 6.29. The number of fused-ring (bicyclic) bond motifs is 2. The number of carbonyl (C=O) groups is 1. The van der Waals surface area contributed by atoms with Gasteiger partial charge >= 0.3 is 0 Å². The van der Waals surface area contributed by atoms with Crippen molar-refractivity contribution in [2.24, 2.45) is 4.99 Å². The summed E-state index contributed by atoms with van der Waals surface area (Å²) in [6, 6.07) is 15.6. The summed E-state index contributed by atoms with van der Waals surface area (Å²) in [6.45, 7) is 2.84. The van der Waals surface area contributed by atoms with E-state index in [0.29, 0.717) is 39.7 Å². The zero-order valence-electron chi connectivity index (χ0n) is 23.7. The average molecular weight is 583 g/mol. The average Bonchev–Trinajstić information content (AvgIpc) is 3.78. The summed E-state index contributed by atoms with van der Waals surface area (Å²) < 4.78 is 8.62. The molecular formula is C32H32N5O4S-. The lowest BCUT2D eigenvalue weighted by Gasteiger charge is -2.12. The van der Waals surface area contributed by atoms with Crippen LogP contribution in [0.3, 0.4) is 0 Å². The van der Waals surface area contributed by atoms with E-state index in [-0.39, 0.29) is 5.69 Å². The fourth-order valence-electron chi connectivity index (χ4n) is 5.04. The minimum atomic E-state index is -1.45. The van der Waals surface area contributed by atoms with Crippen molar-refractivity contribution in [3.63, 3.8) is 0 Å². The number of carboxylic acids is 1. The Morgan fingerprint density at radius 1 is 1.10 bits per heavy atom. The number of unbranched alkanes of at least 4 members (excludes halogenated alkanes) is 3. The standard InChI is InChI=1S/C28H28N4O4S.C4H5N/c1-3-4-5-8-14-31-17-22(29-30-31)26-24(28(34)35)32-23(33)16-20(25(36-2)27(32)37-26)15-19-12-9-11-18-10-6-7-13-21(18)19;1-2-4-5-3-1/h6-7,9-13,16-17H,3-5,8,14-15H2,1-2H3,(H,34,35);1,3-4H,2H2/p-1. The monoisotopic (exact) mass is 582 g/mol. The Hall–Kier alpha value is -4.57. The van der Waals surface area contributed by atoms with Gasteiger partial charge in [-0.1, -0.05) is 79.9 Å². The number of aliphatic imine (C=N–C) groups is 1. The van der Waals surface area contributed by atoms with E-state index < -0.39 is 11.5 Å². The van der Waals surface area contributed by atoms with Crippen LogP contribution in [0.5, 0.6) is 5.75 Å². The van der Waals surface area contributed by atoms with Gasteiger partial charge in [-0.05, 0) is 22.8 Å². The number of aryl methyl sites for hydroxylation is 1. The number of carboxylic acid groups (broad SMARTS) is 1. The van der Waals surface area contributed by atoms with Crippen molar-refractivity contribution >= 4 is 39.1 Å². The number of rotatable bonds is 10. The molecule has 42 heavy (non-hydrogen) atoms. The lowest BCUT2D eigenvalue weighted by molar-refractivity contribution is -0.255. The van der Waals surface area contributed by atoms with Crippen molar-refractivity contribution in [1.82, 2.24) is 19.4 Å².